The van der Waals surface area contributed by atoms with Crippen LogP contribution in [0.1, 0.15) is 50.3 Å². The summed E-state index contributed by atoms with van der Waals surface area (Å²) in [4.78, 5) is 27.2. The van der Waals surface area contributed by atoms with Gasteiger partial charge in [0.25, 0.3) is 11.7 Å². The molecule has 1 unspecified atom stereocenters. The molecule has 1 heterocycles. The van der Waals surface area contributed by atoms with Gasteiger partial charge in [-0.25, -0.2) is 0 Å². The number of rotatable bonds is 8. The largest absolute Gasteiger partial charge is 0.508 e. The van der Waals surface area contributed by atoms with Gasteiger partial charge in [0.15, 0.2) is 0 Å². The van der Waals surface area contributed by atoms with E-state index >= 15 is 0 Å². The van der Waals surface area contributed by atoms with Crippen molar-refractivity contribution >= 4 is 17.4 Å². The van der Waals surface area contributed by atoms with Gasteiger partial charge in [0.05, 0.1) is 18.2 Å². The Kier molecular flexibility index (Phi) is 6.77. The molecular formula is C24H27NO5. The van der Waals surface area contributed by atoms with Crippen LogP contribution in [0.25, 0.3) is 5.76 Å². The molecule has 1 aliphatic rings. The summed E-state index contributed by atoms with van der Waals surface area (Å²) < 4.78 is 5.43. The maximum atomic E-state index is 12.9. The van der Waals surface area contributed by atoms with Crippen LogP contribution in [0.5, 0.6) is 11.5 Å². The summed E-state index contributed by atoms with van der Waals surface area (Å²) in [5.74, 6) is -0.896. The third-order valence-corrected chi connectivity index (χ3v) is 5.17. The molecule has 2 aromatic carbocycles. The van der Waals surface area contributed by atoms with Crippen molar-refractivity contribution in [3.8, 4) is 11.5 Å². The van der Waals surface area contributed by atoms with Crippen molar-refractivity contribution in [1.29, 1.82) is 0 Å². The van der Waals surface area contributed by atoms with Crippen LogP contribution in [0, 0.1) is 0 Å². The molecule has 0 radical (unpaired) electrons. The van der Waals surface area contributed by atoms with E-state index in [1.54, 1.807) is 36.4 Å². The summed E-state index contributed by atoms with van der Waals surface area (Å²) in [5.41, 5.74) is 1.04. The molecule has 0 aromatic heterocycles. The van der Waals surface area contributed by atoms with Crippen LogP contribution < -0.4 is 4.74 Å². The van der Waals surface area contributed by atoms with E-state index in [2.05, 4.69) is 6.92 Å². The fourth-order valence-corrected chi connectivity index (χ4v) is 3.72. The first-order valence-corrected chi connectivity index (χ1v) is 10.3. The summed E-state index contributed by atoms with van der Waals surface area (Å²) in [5, 5.41) is 20.9. The van der Waals surface area contributed by atoms with E-state index in [0.717, 1.165) is 19.3 Å². The van der Waals surface area contributed by atoms with Gasteiger partial charge in [-0.05, 0) is 55.3 Å². The molecule has 30 heavy (non-hydrogen) atoms. The highest BCUT2D eigenvalue weighted by Crippen LogP contribution is 2.40. The summed E-state index contributed by atoms with van der Waals surface area (Å²) in [6.45, 7) is 4.86. The quantitative estimate of drug-likeness (QED) is 0.292. The molecule has 0 bridgehead atoms. The second-order valence-corrected chi connectivity index (χ2v) is 7.25. The normalized spacial score (nSPS) is 18.1. The molecule has 1 fully saturated rings. The predicted octanol–water partition coefficient (Wildman–Crippen LogP) is 4.40. The van der Waals surface area contributed by atoms with Crippen LogP contribution in [-0.2, 0) is 9.59 Å². The lowest BCUT2D eigenvalue weighted by Crippen LogP contribution is -2.30. The number of aliphatic hydroxyl groups excluding tert-OH is 1. The molecule has 158 valence electrons. The average Bonchev–Trinajstić information content (AvgIpc) is 2.99. The number of hydrogen-bond donors (Lipinski definition) is 2. The lowest BCUT2D eigenvalue weighted by Gasteiger charge is -2.25. The maximum Gasteiger partial charge on any atom is 0.295 e. The van der Waals surface area contributed by atoms with Gasteiger partial charge >= 0.3 is 0 Å². The third kappa shape index (κ3) is 4.32. The number of Topliss-reactive ketones (excluding diaryl/α,β-unsaturated/α-hetero) is 1. The van der Waals surface area contributed by atoms with Crippen LogP contribution in [-0.4, -0.2) is 40.0 Å². The van der Waals surface area contributed by atoms with Gasteiger partial charge in [0.1, 0.15) is 17.3 Å². The number of phenolic OH excluding ortho intramolecular Hbond substituents is 1. The average molecular weight is 409 g/mol. The molecule has 0 aliphatic carbocycles. The molecule has 1 aliphatic heterocycles. The van der Waals surface area contributed by atoms with Gasteiger partial charge in [-0.15, -0.1) is 0 Å². The van der Waals surface area contributed by atoms with Crippen molar-refractivity contribution < 1.29 is 24.5 Å². The van der Waals surface area contributed by atoms with Crippen LogP contribution in [0.2, 0.25) is 0 Å². The van der Waals surface area contributed by atoms with Crippen LogP contribution >= 0.6 is 0 Å². The SMILES string of the molecule is CCCCCN1C(=O)C(=O)/C(=C(\O)c2ccc(OCC)cc2)C1c1cccc(O)c1. The molecule has 0 spiro atoms. The Morgan fingerprint density at radius 1 is 1.07 bits per heavy atom. The smallest absolute Gasteiger partial charge is 0.295 e. The van der Waals surface area contributed by atoms with E-state index in [4.69, 9.17) is 4.74 Å². The zero-order chi connectivity index (χ0) is 21.7. The molecule has 3 rings (SSSR count). The Hall–Kier alpha value is -3.28. The van der Waals surface area contributed by atoms with Crippen molar-refractivity contribution in [2.45, 2.75) is 39.2 Å². The number of aromatic hydroxyl groups is 1. The van der Waals surface area contributed by atoms with Gasteiger partial charge in [0, 0.05) is 12.1 Å². The number of nitrogens with zero attached hydrogens (tertiary/aromatic N) is 1. The lowest BCUT2D eigenvalue weighted by molar-refractivity contribution is -0.139. The van der Waals surface area contributed by atoms with E-state index in [-0.39, 0.29) is 17.1 Å². The standard InChI is InChI=1S/C24H27NO5/c1-3-5-6-14-25-21(17-8-7-9-18(26)15-17)20(23(28)24(25)29)22(27)16-10-12-19(13-11-16)30-4-2/h7-13,15,21,26-27H,3-6,14H2,1-2H3/b22-20-. The molecule has 1 saturated heterocycles. The topological polar surface area (TPSA) is 87.1 Å². The van der Waals surface area contributed by atoms with Crippen molar-refractivity contribution in [3.63, 3.8) is 0 Å². The number of likely N-dealkylation sites (tertiary alicyclic amines) is 1. The van der Waals surface area contributed by atoms with Crippen molar-refractivity contribution in [1.82, 2.24) is 4.90 Å². The minimum absolute atomic E-state index is 0.0336. The van der Waals surface area contributed by atoms with Gasteiger partial charge in [-0.2, -0.15) is 0 Å². The molecule has 1 amide bonds. The van der Waals surface area contributed by atoms with E-state index in [1.165, 1.54) is 17.0 Å². The van der Waals surface area contributed by atoms with Gasteiger partial charge in [-0.3, -0.25) is 9.59 Å². The van der Waals surface area contributed by atoms with E-state index in [9.17, 15) is 19.8 Å². The first-order chi connectivity index (χ1) is 14.5. The summed E-state index contributed by atoms with van der Waals surface area (Å²) >= 11 is 0. The number of ether oxygens (including phenoxy) is 1. The Morgan fingerprint density at radius 3 is 2.43 bits per heavy atom. The van der Waals surface area contributed by atoms with Crippen molar-refractivity contribution in [2.24, 2.45) is 0 Å². The van der Waals surface area contributed by atoms with Crippen molar-refractivity contribution in [2.75, 3.05) is 13.2 Å². The minimum Gasteiger partial charge on any atom is -0.508 e. The van der Waals surface area contributed by atoms with Crippen LogP contribution in [0.4, 0.5) is 0 Å². The van der Waals surface area contributed by atoms with E-state index in [0.29, 0.717) is 30.0 Å². The fraction of sp³-hybridized carbons (Fsp3) is 0.333. The Bertz CT molecular complexity index is 948. The maximum absolute atomic E-state index is 12.9. The summed E-state index contributed by atoms with van der Waals surface area (Å²) in [7, 11) is 0. The minimum atomic E-state index is -0.750. The number of carbonyl (C=O) groups is 2. The first-order valence-electron chi connectivity index (χ1n) is 10.3. The zero-order valence-electron chi connectivity index (χ0n) is 17.3. The molecular weight excluding hydrogens is 382 g/mol. The second-order valence-electron chi connectivity index (χ2n) is 7.25. The third-order valence-electron chi connectivity index (χ3n) is 5.17. The Balaban J connectivity index is 2.07. The van der Waals surface area contributed by atoms with Gasteiger partial charge in [0.2, 0.25) is 0 Å². The molecule has 0 saturated carbocycles. The fourth-order valence-electron chi connectivity index (χ4n) is 3.72. The summed E-state index contributed by atoms with van der Waals surface area (Å²) in [6.07, 6.45) is 2.66. The molecule has 2 N–H and O–H groups in total. The highest BCUT2D eigenvalue weighted by atomic mass is 16.5. The first kappa shape index (κ1) is 21.4. The highest BCUT2D eigenvalue weighted by molar-refractivity contribution is 6.46. The molecule has 6 heteroatoms. The number of phenols is 1. The number of ketones is 1. The number of benzene rings is 2. The van der Waals surface area contributed by atoms with Gasteiger partial charge in [-0.1, -0.05) is 31.9 Å². The van der Waals surface area contributed by atoms with Crippen LogP contribution in [0.15, 0.2) is 54.1 Å². The summed E-state index contributed by atoms with van der Waals surface area (Å²) in [6, 6.07) is 12.4. The van der Waals surface area contributed by atoms with E-state index < -0.39 is 17.7 Å². The predicted molar refractivity (Wildman–Crippen MR) is 114 cm³/mol. The number of aliphatic hydroxyl groups is 1. The molecule has 1 atom stereocenters. The van der Waals surface area contributed by atoms with Crippen LogP contribution in [0.3, 0.4) is 0 Å². The Morgan fingerprint density at radius 2 is 1.80 bits per heavy atom. The molecule has 2 aromatic rings. The number of carbonyl (C=O) groups excluding carboxylic acids is 2. The monoisotopic (exact) mass is 409 g/mol. The number of hydrogen-bond acceptors (Lipinski definition) is 5. The second kappa shape index (κ2) is 9.48. The van der Waals surface area contributed by atoms with E-state index in [1.807, 2.05) is 6.92 Å². The van der Waals surface area contributed by atoms with Gasteiger partial charge < -0.3 is 19.8 Å². The van der Waals surface area contributed by atoms with Crippen molar-refractivity contribution in [3.05, 3.63) is 65.2 Å². The zero-order valence-corrected chi connectivity index (χ0v) is 17.3. The number of amides is 1. The Labute approximate surface area is 176 Å². The molecule has 6 nitrogen and oxygen atoms in total. The lowest BCUT2D eigenvalue weighted by atomic mass is 9.95. The number of unbranched alkanes of at least 4 members (excludes halogenated alkanes) is 2. The highest BCUT2D eigenvalue weighted by Gasteiger charge is 2.45.